The fourth-order valence-electron chi connectivity index (χ4n) is 2.84. The van der Waals surface area contributed by atoms with Crippen LogP contribution in [0.25, 0.3) is 0 Å². The molecule has 1 aliphatic heterocycles. The fourth-order valence-corrected chi connectivity index (χ4v) is 4.19. The van der Waals surface area contributed by atoms with Gasteiger partial charge >= 0.3 is 0 Å². The Labute approximate surface area is 173 Å². The fraction of sp³-hybridized carbons (Fsp3) is 0.0500. The van der Waals surface area contributed by atoms with Crippen molar-refractivity contribution in [3.05, 3.63) is 76.6 Å². The first-order chi connectivity index (χ1) is 13.5. The lowest BCUT2D eigenvalue weighted by atomic mass is 10.2. The summed E-state index contributed by atoms with van der Waals surface area (Å²) in [6.07, 6.45) is 1.63. The van der Waals surface area contributed by atoms with Crippen LogP contribution in [0.1, 0.15) is 10.4 Å². The van der Waals surface area contributed by atoms with Gasteiger partial charge in [-0.2, -0.15) is 0 Å². The Kier molecular flexibility index (Phi) is 5.15. The Balaban J connectivity index is 1.66. The van der Waals surface area contributed by atoms with Gasteiger partial charge in [-0.05, 0) is 42.5 Å². The van der Waals surface area contributed by atoms with Gasteiger partial charge in [-0.15, -0.1) is 0 Å². The summed E-state index contributed by atoms with van der Waals surface area (Å²) in [5, 5.41) is 3.11. The van der Waals surface area contributed by atoms with Gasteiger partial charge in [0, 0.05) is 15.6 Å². The van der Waals surface area contributed by atoms with E-state index in [0.29, 0.717) is 20.7 Å². The summed E-state index contributed by atoms with van der Waals surface area (Å²) in [4.78, 5) is 32.2. The third-order valence-electron chi connectivity index (χ3n) is 4.12. The van der Waals surface area contributed by atoms with Crippen LogP contribution < -0.4 is 10.2 Å². The second-order valence-electron chi connectivity index (χ2n) is 5.99. The Hall–Kier alpha value is -2.71. The highest BCUT2D eigenvalue weighted by atomic mass is 79.9. The Morgan fingerprint density at radius 3 is 2.82 bits per heavy atom. The minimum absolute atomic E-state index is 0.0557. The lowest BCUT2D eigenvalue weighted by molar-refractivity contribution is -0.114. The SMILES string of the molecule is O=C(CN1C(=O)c2cccnc2Sc2ccccc21)Nc1ccc(Br)cc1F. The van der Waals surface area contributed by atoms with Gasteiger partial charge in [0.2, 0.25) is 5.91 Å². The molecule has 0 radical (unpaired) electrons. The lowest BCUT2D eigenvalue weighted by Gasteiger charge is -2.22. The van der Waals surface area contributed by atoms with Crippen LogP contribution in [0.4, 0.5) is 15.8 Å². The molecule has 0 aliphatic carbocycles. The van der Waals surface area contributed by atoms with Crippen LogP contribution in [0.3, 0.4) is 0 Å². The number of nitrogens with one attached hydrogen (secondary N) is 1. The van der Waals surface area contributed by atoms with E-state index >= 15 is 0 Å². The van der Waals surface area contributed by atoms with E-state index in [-0.39, 0.29) is 18.1 Å². The summed E-state index contributed by atoms with van der Waals surface area (Å²) in [6, 6.07) is 15.0. The number of benzene rings is 2. The van der Waals surface area contributed by atoms with E-state index in [4.69, 9.17) is 0 Å². The van der Waals surface area contributed by atoms with E-state index in [1.165, 1.54) is 28.8 Å². The predicted octanol–water partition coefficient (Wildman–Crippen LogP) is 4.73. The molecule has 0 spiro atoms. The van der Waals surface area contributed by atoms with E-state index in [9.17, 15) is 14.0 Å². The number of aromatic nitrogens is 1. The van der Waals surface area contributed by atoms with Crippen molar-refractivity contribution in [2.45, 2.75) is 9.92 Å². The molecule has 2 amide bonds. The molecular weight excluding hydrogens is 445 g/mol. The lowest BCUT2D eigenvalue weighted by Crippen LogP contribution is -2.38. The molecule has 3 aromatic rings. The van der Waals surface area contributed by atoms with Crippen molar-refractivity contribution in [2.75, 3.05) is 16.8 Å². The van der Waals surface area contributed by atoms with Gasteiger partial charge in [0.25, 0.3) is 5.91 Å². The minimum Gasteiger partial charge on any atom is -0.322 e. The van der Waals surface area contributed by atoms with Gasteiger partial charge < -0.3 is 5.32 Å². The quantitative estimate of drug-likeness (QED) is 0.617. The molecule has 2 heterocycles. The van der Waals surface area contributed by atoms with Crippen LogP contribution in [0.5, 0.6) is 0 Å². The highest BCUT2D eigenvalue weighted by molar-refractivity contribution is 9.10. The number of carbonyl (C=O) groups excluding carboxylic acids is 2. The number of amides is 2. The maximum atomic E-state index is 14.0. The first kappa shape index (κ1) is 18.6. The second kappa shape index (κ2) is 7.73. The molecule has 5 nitrogen and oxygen atoms in total. The molecule has 0 saturated heterocycles. The van der Waals surface area contributed by atoms with Gasteiger partial charge in [-0.25, -0.2) is 9.37 Å². The van der Waals surface area contributed by atoms with Gasteiger partial charge in [0.15, 0.2) is 0 Å². The molecule has 1 aromatic heterocycles. The summed E-state index contributed by atoms with van der Waals surface area (Å²) < 4.78 is 14.6. The summed E-state index contributed by atoms with van der Waals surface area (Å²) in [7, 11) is 0. The van der Waals surface area contributed by atoms with Crippen molar-refractivity contribution >= 4 is 50.9 Å². The van der Waals surface area contributed by atoms with Gasteiger partial charge in [0.1, 0.15) is 17.4 Å². The van der Waals surface area contributed by atoms with Crippen LogP contribution >= 0.6 is 27.7 Å². The number of pyridine rings is 1. The van der Waals surface area contributed by atoms with E-state index in [2.05, 4.69) is 26.2 Å². The summed E-state index contributed by atoms with van der Waals surface area (Å²) in [5.41, 5.74) is 1.09. The largest absolute Gasteiger partial charge is 0.322 e. The van der Waals surface area contributed by atoms with Crippen LogP contribution in [-0.4, -0.2) is 23.3 Å². The molecule has 0 atom stereocenters. The van der Waals surface area contributed by atoms with Crippen molar-refractivity contribution < 1.29 is 14.0 Å². The van der Waals surface area contributed by atoms with E-state index in [1.54, 1.807) is 36.5 Å². The number of carbonyl (C=O) groups is 2. The third kappa shape index (κ3) is 3.65. The molecular formula is C20H13BrFN3O2S. The van der Waals surface area contributed by atoms with E-state index in [0.717, 1.165) is 4.90 Å². The van der Waals surface area contributed by atoms with Gasteiger partial charge in [-0.1, -0.05) is 39.8 Å². The Morgan fingerprint density at radius 1 is 1.18 bits per heavy atom. The molecule has 0 saturated carbocycles. The molecule has 0 bridgehead atoms. The maximum absolute atomic E-state index is 14.0. The average molecular weight is 458 g/mol. The van der Waals surface area contributed by atoms with Crippen molar-refractivity contribution in [3.63, 3.8) is 0 Å². The number of hydrogen-bond acceptors (Lipinski definition) is 4. The van der Waals surface area contributed by atoms with Crippen molar-refractivity contribution in [2.24, 2.45) is 0 Å². The molecule has 4 rings (SSSR count). The van der Waals surface area contributed by atoms with E-state index in [1.807, 2.05) is 12.1 Å². The number of fused-ring (bicyclic) bond motifs is 2. The number of anilines is 2. The Morgan fingerprint density at radius 2 is 2.00 bits per heavy atom. The zero-order valence-corrected chi connectivity index (χ0v) is 16.8. The molecule has 140 valence electrons. The molecule has 28 heavy (non-hydrogen) atoms. The average Bonchev–Trinajstić information content (AvgIpc) is 2.79. The zero-order chi connectivity index (χ0) is 19.7. The number of nitrogens with zero attached hydrogens (tertiary/aromatic N) is 2. The first-order valence-electron chi connectivity index (χ1n) is 8.31. The third-order valence-corrected chi connectivity index (χ3v) is 5.69. The topological polar surface area (TPSA) is 62.3 Å². The predicted molar refractivity (Wildman–Crippen MR) is 109 cm³/mol. The number of para-hydroxylation sites is 1. The molecule has 2 aromatic carbocycles. The number of halogens is 2. The summed E-state index contributed by atoms with van der Waals surface area (Å²) in [6.45, 7) is -0.250. The normalized spacial score (nSPS) is 12.8. The number of rotatable bonds is 3. The Bertz CT molecular complexity index is 1090. The zero-order valence-electron chi connectivity index (χ0n) is 14.4. The molecule has 0 unspecified atom stereocenters. The molecule has 0 fully saturated rings. The highest BCUT2D eigenvalue weighted by Crippen LogP contribution is 2.39. The molecule has 8 heteroatoms. The van der Waals surface area contributed by atoms with Crippen molar-refractivity contribution in [1.82, 2.24) is 4.98 Å². The highest BCUT2D eigenvalue weighted by Gasteiger charge is 2.29. The van der Waals surface area contributed by atoms with Gasteiger partial charge in [-0.3, -0.25) is 14.5 Å². The van der Waals surface area contributed by atoms with Crippen molar-refractivity contribution in [1.29, 1.82) is 0 Å². The first-order valence-corrected chi connectivity index (χ1v) is 9.92. The summed E-state index contributed by atoms with van der Waals surface area (Å²) >= 11 is 4.55. The second-order valence-corrected chi connectivity index (χ2v) is 7.94. The van der Waals surface area contributed by atoms with Crippen LogP contribution in [0.2, 0.25) is 0 Å². The van der Waals surface area contributed by atoms with Gasteiger partial charge in [0.05, 0.1) is 16.9 Å². The van der Waals surface area contributed by atoms with Crippen LogP contribution in [0.15, 0.2) is 75.2 Å². The van der Waals surface area contributed by atoms with Crippen LogP contribution in [0, 0.1) is 5.82 Å². The maximum Gasteiger partial charge on any atom is 0.261 e. The minimum atomic E-state index is -0.560. The van der Waals surface area contributed by atoms with E-state index < -0.39 is 11.7 Å². The standard InChI is InChI=1S/C20H13BrFN3O2S/c21-12-7-8-15(14(22)10-12)24-18(26)11-25-16-5-1-2-6-17(16)28-19-13(20(25)27)4-3-9-23-19/h1-10H,11H2,(H,24,26). The molecule has 1 N–H and O–H groups in total. The summed E-state index contributed by atoms with van der Waals surface area (Å²) in [5.74, 6) is -1.39. The molecule has 1 aliphatic rings. The van der Waals surface area contributed by atoms with Crippen molar-refractivity contribution in [3.8, 4) is 0 Å². The smallest absolute Gasteiger partial charge is 0.261 e. The number of hydrogen-bond donors (Lipinski definition) is 1. The monoisotopic (exact) mass is 457 g/mol. The van der Waals surface area contributed by atoms with Crippen LogP contribution in [-0.2, 0) is 4.79 Å².